The van der Waals surface area contributed by atoms with Gasteiger partial charge in [-0.15, -0.1) is 0 Å². The van der Waals surface area contributed by atoms with Gasteiger partial charge in [0.05, 0.1) is 7.11 Å². The van der Waals surface area contributed by atoms with Gasteiger partial charge in [-0.25, -0.2) is 0 Å². The van der Waals surface area contributed by atoms with E-state index in [1.165, 1.54) is 0 Å². The van der Waals surface area contributed by atoms with Gasteiger partial charge in [-0.2, -0.15) is 4.98 Å². The van der Waals surface area contributed by atoms with Gasteiger partial charge >= 0.3 is 0 Å². The Labute approximate surface area is 138 Å². The lowest BCUT2D eigenvalue weighted by Crippen LogP contribution is -2.13. The monoisotopic (exact) mass is 324 g/mol. The van der Waals surface area contributed by atoms with Crippen LogP contribution in [0.2, 0.25) is 0 Å². The maximum absolute atomic E-state index is 5.87. The molecule has 1 heterocycles. The minimum atomic E-state index is 0.0627. The van der Waals surface area contributed by atoms with Crippen molar-refractivity contribution in [1.29, 1.82) is 0 Å². The highest BCUT2D eigenvalue weighted by atomic mass is 16.6. The number of ether oxygens (including phenoxy) is 1. The van der Waals surface area contributed by atoms with E-state index in [9.17, 15) is 0 Å². The van der Waals surface area contributed by atoms with Crippen molar-refractivity contribution in [2.45, 2.75) is 6.61 Å². The van der Waals surface area contributed by atoms with Gasteiger partial charge in [0.25, 0.3) is 5.89 Å². The minimum Gasteiger partial charge on any atom is -0.497 e. The number of benzene rings is 2. The van der Waals surface area contributed by atoms with Gasteiger partial charge in [-0.05, 0) is 36.4 Å². The van der Waals surface area contributed by atoms with E-state index in [0.717, 1.165) is 16.9 Å². The molecule has 7 heteroatoms. The number of hydrogen-bond acceptors (Lipinski definition) is 6. The van der Waals surface area contributed by atoms with Gasteiger partial charge in [-0.1, -0.05) is 28.5 Å². The second-order valence-electron chi connectivity index (χ2n) is 4.86. The molecule has 0 atom stereocenters. The predicted molar refractivity (Wildman–Crippen MR) is 88.2 cm³/mol. The average molecular weight is 324 g/mol. The van der Waals surface area contributed by atoms with Crippen LogP contribution in [0.25, 0.3) is 11.5 Å². The van der Waals surface area contributed by atoms with Gasteiger partial charge in [0, 0.05) is 11.1 Å². The van der Waals surface area contributed by atoms with Crippen molar-refractivity contribution < 1.29 is 14.1 Å². The van der Waals surface area contributed by atoms with Crippen molar-refractivity contribution >= 4 is 5.84 Å². The lowest BCUT2D eigenvalue weighted by atomic mass is 10.2. The molecule has 0 fully saturated rings. The smallest absolute Gasteiger partial charge is 0.258 e. The summed E-state index contributed by atoms with van der Waals surface area (Å²) in [6.45, 7) is 0.0627. The Balaban J connectivity index is 1.60. The fraction of sp³-hybridized carbons (Fsp3) is 0.118. The lowest BCUT2D eigenvalue weighted by molar-refractivity contribution is 0.122. The maximum atomic E-state index is 5.87. The van der Waals surface area contributed by atoms with E-state index in [0.29, 0.717) is 11.7 Å². The highest BCUT2D eigenvalue weighted by Gasteiger charge is 2.08. The van der Waals surface area contributed by atoms with Crippen molar-refractivity contribution in [3.05, 3.63) is 66.0 Å². The summed E-state index contributed by atoms with van der Waals surface area (Å²) < 4.78 is 10.3. The molecule has 3 aromatic rings. The SMILES string of the molecule is COc1ccc(/C(N)=N/OCc2noc(-c3ccccc3)n2)cc1. The Morgan fingerprint density at radius 2 is 1.88 bits per heavy atom. The Morgan fingerprint density at radius 3 is 2.58 bits per heavy atom. The topological polar surface area (TPSA) is 95.8 Å². The average Bonchev–Trinajstić information content (AvgIpc) is 3.11. The number of nitrogens with zero attached hydrogens (tertiary/aromatic N) is 3. The molecule has 0 bridgehead atoms. The highest BCUT2D eigenvalue weighted by molar-refractivity contribution is 5.97. The Kier molecular flexibility index (Phi) is 4.71. The molecule has 0 aliphatic carbocycles. The number of hydrogen-bond donors (Lipinski definition) is 1. The summed E-state index contributed by atoms with van der Waals surface area (Å²) in [5, 5.41) is 7.71. The quantitative estimate of drug-likeness (QED) is 0.425. The molecule has 0 aliphatic rings. The van der Waals surface area contributed by atoms with Crippen LogP contribution in [0, 0.1) is 0 Å². The fourth-order valence-electron chi connectivity index (χ4n) is 1.98. The van der Waals surface area contributed by atoms with Crippen molar-refractivity contribution in [3.63, 3.8) is 0 Å². The summed E-state index contributed by atoms with van der Waals surface area (Å²) in [5.74, 6) is 1.82. The second-order valence-corrected chi connectivity index (χ2v) is 4.86. The maximum Gasteiger partial charge on any atom is 0.258 e. The molecule has 0 radical (unpaired) electrons. The van der Waals surface area contributed by atoms with Crippen LogP contribution in [0.3, 0.4) is 0 Å². The molecule has 3 rings (SSSR count). The van der Waals surface area contributed by atoms with Crippen LogP contribution in [-0.4, -0.2) is 23.1 Å². The molecule has 0 aliphatic heterocycles. The molecular weight excluding hydrogens is 308 g/mol. The standard InChI is InChI=1S/C17H16N4O3/c1-22-14-9-7-12(8-10-14)16(18)21-23-11-15-19-17(24-20-15)13-5-3-2-4-6-13/h2-10H,11H2,1H3,(H2,18,21). The molecule has 0 unspecified atom stereocenters. The first-order valence-electron chi connectivity index (χ1n) is 7.24. The normalized spacial score (nSPS) is 11.3. The summed E-state index contributed by atoms with van der Waals surface area (Å²) in [6, 6.07) is 16.7. The van der Waals surface area contributed by atoms with Gasteiger partial charge in [0.1, 0.15) is 5.75 Å². The van der Waals surface area contributed by atoms with E-state index < -0.39 is 0 Å². The van der Waals surface area contributed by atoms with E-state index in [1.807, 2.05) is 30.3 Å². The fourth-order valence-corrected chi connectivity index (χ4v) is 1.98. The van der Waals surface area contributed by atoms with Crippen molar-refractivity contribution in [2.75, 3.05) is 7.11 Å². The zero-order valence-corrected chi connectivity index (χ0v) is 13.0. The molecule has 0 saturated heterocycles. The van der Waals surface area contributed by atoms with Crippen LogP contribution < -0.4 is 10.5 Å². The predicted octanol–water partition coefficient (Wildman–Crippen LogP) is 2.58. The second kappa shape index (κ2) is 7.28. The van der Waals surface area contributed by atoms with E-state index in [-0.39, 0.29) is 12.4 Å². The molecule has 7 nitrogen and oxygen atoms in total. The van der Waals surface area contributed by atoms with E-state index in [1.54, 1.807) is 31.4 Å². The molecule has 2 N–H and O–H groups in total. The van der Waals surface area contributed by atoms with Crippen molar-refractivity contribution in [3.8, 4) is 17.2 Å². The van der Waals surface area contributed by atoms with Crippen molar-refractivity contribution in [2.24, 2.45) is 10.9 Å². The van der Waals surface area contributed by atoms with Crippen LogP contribution in [-0.2, 0) is 11.4 Å². The summed E-state index contributed by atoms with van der Waals surface area (Å²) in [4.78, 5) is 9.43. The third-order valence-corrected chi connectivity index (χ3v) is 3.23. The number of aromatic nitrogens is 2. The molecule has 122 valence electrons. The van der Waals surface area contributed by atoms with Crippen molar-refractivity contribution in [1.82, 2.24) is 10.1 Å². The first-order chi connectivity index (χ1) is 11.8. The summed E-state index contributed by atoms with van der Waals surface area (Å²) >= 11 is 0. The third-order valence-electron chi connectivity index (χ3n) is 3.23. The molecule has 24 heavy (non-hydrogen) atoms. The van der Waals surface area contributed by atoms with Gasteiger partial charge < -0.3 is 19.8 Å². The number of methoxy groups -OCH3 is 1. The van der Waals surface area contributed by atoms with Crippen LogP contribution >= 0.6 is 0 Å². The highest BCUT2D eigenvalue weighted by Crippen LogP contribution is 2.16. The largest absolute Gasteiger partial charge is 0.497 e. The van der Waals surface area contributed by atoms with Crippen LogP contribution in [0.4, 0.5) is 0 Å². The first-order valence-corrected chi connectivity index (χ1v) is 7.24. The zero-order chi connectivity index (χ0) is 16.8. The number of nitrogens with two attached hydrogens (primary N) is 1. The first kappa shape index (κ1) is 15.5. The number of amidine groups is 1. The Hall–Kier alpha value is -3.35. The van der Waals surface area contributed by atoms with Gasteiger partial charge in [0.15, 0.2) is 12.4 Å². The van der Waals surface area contributed by atoms with E-state index in [4.69, 9.17) is 19.8 Å². The van der Waals surface area contributed by atoms with Crippen LogP contribution in [0.1, 0.15) is 11.4 Å². The van der Waals surface area contributed by atoms with Crippen LogP contribution in [0.15, 0.2) is 64.3 Å². The van der Waals surface area contributed by atoms with E-state index in [2.05, 4.69) is 15.3 Å². The number of oxime groups is 1. The molecule has 0 amide bonds. The van der Waals surface area contributed by atoms with Gasteiger partial charge in [0.2, 0.25) is 5.82 Å². The lowest BCUT2D eigenvalue weighted by Gasteiger charge is -2.02. The van der Waals surface area contributed by atoms with Gasteiger partial charge in [-0.3, -0.25) is 0 Å². The third kappa shape index (κ3) is 3.70. The van der Waals surface area contributed by atoms with E-state index >= 15 is 0 Å². The molecular formula is C17H16N4O3. The van der Waals surface area contributed by atoms with Crippen LogP contribution in [0.5, 0.6) is 5.75 Å². The molecule has 0 saturated carbocycles. The minimum absolute atomic E-state index is 0.0627. The molecule has 0 spiro atoms. The Morgan fingerprint density at radius 1 is 1.12 bits per heavy atom. The Bertz CT molecular complexity index is 813. The summed E-state index contributed by atoms with van der Waals surface area (Å²) in [7, 11) is 1.60. The number of rotatable bonds is 6. The molecule has 2 aromatic carbocycles. The summed E-state index contributed by atoms with van der Waals surface area (Å²) in [5.41, 5.74) is 7.44. The summed E-state index contributed by atoms with van der Waals surface area (Å²) in [6.07, 6.45) is 0. The zero-order valence-electron chi connectivity index (χ0n) is 13.0. The molecule has 1 aromatic heterocycles.